The van der Waals surface area contributed by atoms with Crippen LogP contribution in [-0.4, -0.2) is 32.4 Å². The minimum Gasteiger partial charge on any atom is -0.493 e. The molecule has 0 aliphatic heterocycles. The van der Waals surface area contributed by atoms with Crippen LogP contribution in [0.3, 0.4) is 0 Å². The van der Waals surface area contributed by atoms with Crippen molar-refractivity contribution in [2.45, 2.75) is 13.3 Å². The van der Waals surface area contributed by atoms with Crippen LogP contribution in [0, 0.1) is 0 Å². The van der Waals surface area contributed by atoms with Crippen molar-refractivity contribution in [3.8, 4) is 11.5 Å². The first-order valence-corrected chi connectivity index (χ1v) is 8.04. The number of rotatable bonds is 8. The number of nitrogens with zero attached hydrogens (tertiary/aromatic N) is 1. The van der Waals surface area contributed by atoms with Crippen molar-refractivity contribution in [3.63, 3.8) is 0 Å². The van der Waals surface area contributed by atoms with Crippen LogP contribution < -0.4 is 20.2 Å². The fourth-order valence-corrected chi connectivity index (χ4v) is 2.27. The molecule has 0 radical (unpaired) electrons. The predicted octanol–water partition coefficient (Wildman–Crippen LogP) is 3.05. The molecule has 2 aromatic rings. The summed E-state index contributed by atoms with van der Waals surface area (Å²) in [6.07, 6.45) is 0.669. The Morgan fingerprint density at radius 3 is 2.40 bits per heavy atom. The monoisotopic (exact) mass is 341 g/mol. The van der Waals surface area contributed by atoms with Crippen molar-refractivity contribution in [1.82, 2.24) is 5.43 Å². The fourth-order valence-electron chi connectivity index (χ4n) is 2.27. The number of benzene rings is 2. The SMILES string of the molecule is CC/C(=N\NC(=O)CNc1ccccc1)c1ccc(OC)c(OC)c1. The molecule has 0 unspecified atom stereocenters. The average Bonchev–Trinajstić information content (AvgIpc) is 2.67. The summed E-state index contributed by atoms with van der Waals surface area (Å²) in [5.74, 6) is 1.06. The standard InChI is InChI=1S/C19H23N3O3/c1-4-16(14-10-11-17(24-2)18(12-14)25-3)21-22-19(23)13-20-15-8-6-5-7-9-15/h5-12,20H,4,13H2,1-3H3,(H,22,23)/b21-16+. The molecule has 132 valence electrons. The van der Waals surface area contributed by atoms with Gasteiger partial charge in [0.15, 0.2) is 11.5 Å². The first-order valence-electron chi connectivity index (χ1n) is 8.04. The number of hydrazone groups is 1. The third-order valence-corrected chi connectivity index (χ3v) is 3.59. The van der Waals surface area contributed by atoms with E-state index in [4.69, 9.17) is 9.47 Å². The van der Waals surface area contributed by atoms with E-state index in [0.717, 1.165) is 17.0 Å². The number of hydrogen-bond donors (Lipinski definition) is 2. The summed E-state index contributed by atoms with van der Waals surface area (Å²) in [5, 5.41) is 7.28. The van der Waals surface area contributed by atoms with Gasteiger partial charge in [-0.15, -0.1) is 0 Å². The summed E-state index contributed by atoms with van der Waals surface area (Å²) in [6, 6.07) is 15.1. The Morgan fingerprint density at radius 2 is 1.76 bits per heavy atom. The van der Waals surface area contributed by atoms with Crippen molar-refractivity contribution in [2.24, 2.45) is 5.10 Å². The zero-order chi connectivity index (χ0) is 18.1. The minimum atomic E-state index is -0.213. The zero-order valence-corrected chi connectivity index (χ0v) is 14.7. The predicted molar refractivity (Wildman–Crippen MR) is 99.4 cm³/mol. The molecule has 0 heterocycles. The van der Waals surface area contributed by atoms with Gasteiger partial charge in [0.05, 0.1) is 26.5 Å². The third kappa shape index (κ3) is 5.24. The van der Waals surface area contributed by atoms with Gasteiger partial charge in [0.2, 0.25) is 0 Å². The smallest absolute Gasteiger partial charge is 0.259 e. The lowest BCUT2D eigenvalue weighted by Crippen LogP contribution is -2.27. The van der Waals surface area contributed by atoms with Gasteiger partial charge in [0.1, 0.15) is 0 Å². The van der Waals surface area contributed by atoms with Gasteiger partial charge in [-0.3, -0.25) is 4.79 Å². The number of amides is 1. The summed E-state index contributed by atoms with van der Waals surface area (Å²) in [5.41, 5.74) is 5.10. The van der Waals surface area contributed by atoms with Crippen LogP contribution in [0.2, 0.25) is 0 Å². The lowest BCUT2D eigenvalue weighted by Gasteiger charge is -2.11. The molecule has 2 rings (SSSR count). The number of anilines is 1. The van der Waals surface area contributed by atoms with Crippen LogP contribution in [0.25, 0.3) is 0 Å². The van der Waals surface area contributed by atoms with Gasteiger partial charge >= 0.3 is 0 Å². The molecule has 0 saturated carbocycles. The topological polar surface area (TPSA) is 72.0 Å². The van der Waals surface area contributed by atoms with E-state index in [1.165, 1.54) is 0 Å². The van der Waals surface area contributed by atoms with Crippen LogP contribution >= 0.6 is 0 Å². The van der Waals surface area contributed by atoms with Crippen molar-refractivity contribution in [2.75, 3.05) is 26.1 Å². The normalized spacial score (nSPS) is 10.9. The molecule has 25 heavy (non-hydrogen) atoms. The molecule has 0 saturated heterocycles. The Hall–Kier alpha value is -3.02. The van der Waals surface area contributed by atoms with Gasteiger partial charge in [0.25, 0.3) is 5.91 Å². The van der Waals surface area contributed by atoms with Crippen LogP contribution in [0.5, 0.6) is 11.5 Å². The van der Waals surface area contributed by atoms with Crippen molar-refractivity contribution < 1.29 is 14.3 Å². The molecule has 0 atom stereocenters. The van der Waals surface area contributed by atoms with Crippen LogP contribution in [0.15, 0.2) is 53.6 Å². The number of carbonyl (C=O) groups is 1. The minimum absolute atomic E-state index is 0.149. The van der Waals surface area contributed by atoms with E-state index in [1.54, 1.807) is 14.2 Å². The number of ether oxygens (including phenoxy) is 2. The van der Waals surface area contributed by atoms with Gasteiger partial charge in [-0.1, -0.05) is 25.1 Å². The van der Waals surface area contributed by atoms with E-state index in [9.17, 15) is 4.79 Å². The Labute approximate surface area is 147 Å². The highest BCUT2D eigenvalue weighted by Crippen LogP contribution is 2.28. The van der Waals surface area contributed by atoms with Crippen LogP contribution in [0.4, 0.5) is 5.69 Å². The number of nitrogens with one attached hydrogen (secondary N) is 2. The van der Waals surface area contributed by atoms with Crippen molar-refractivity contribution >= 4 is 17.3 Å². The van der Waals surface area contributed by atoms with Gasteiger partial charge in [-0.25, -0.2) is 5.43 Å². The van der Waals surface area contributed by atoms with E-state index in [0.29, 0.717) is 17.9 Å². The summed E-state index contributed by atoms with van der Waals surface area (Å²) in [6.45, 7) is 2.13. The molecule has 0 aliphatic carbocycles. The number of methoxy groups -OCH3 is 2. The lowest BCUT2D eigenvalue weighted by atomic mass is 10.1. The maximum Gasteiger partial charge on any atom is 0.259 e. The van der Waals surface area contributed by atoms with E-state index < -0.39 is 0 Å². The van der Waals surface area contributed by atoms with E-state index >= 15 is 0 Å². The van der Waals surface area contributed by atoms with Gasteiger partial charge in [-0.05, 0) is 36.8 Å². The van der Waals surface area contributed by atoms with Crippen molar-refractivity contribution in [1.29, 1.82) is 0 Å². The second kappa shape index (κ2) is 9.32. The highest BCUT2D eigenvalue weighted by molar-refractivity contribution is 6.01. The molecule has 1 amide bonds. The largest absolute Gasteiger partial charge is 0.493 e. The van der Waals surface area contributed by atoms with Gasteiger partial charge in [-0.2, -0.15) is 5.10 Å². The third-order valence-electron chi connectivity index (χ3n) is 3.59. The van der Waals surface area contributed by atoms with Gasteiger partial charge in [0, 0.05) is 11.3 Å². The quantitative estimate of drug-likeness (QED) is 0.572. The first-order chi connectivity index (χ1) is 12.2. The zero-order valence-electron chi connectivity index (χ0n) is 14.7. The second-order valence-corrected chi connectivity index (χ2v) is 5.24. The summed E-state index contributed by atoms with van der Waals surface area (Å²) >= 11 is 0. The van der Waals surface area contributed by atoms with Crippen LogP contribution in [0.1, 0.15) is 18.9 Å². The summed E-state index contributed by atoms with van der Waals surface area (Å²) < 4.78 is 10.5. The maximum atomic E-state index is 12.0. The molecule has 0 aromatic heterocycles. The average molecular weight is 341 g/mol. The van der Waals surface area contributed by atoms with Crippen molar-refractivity contribution in [3.05, 3.63) is 54.1 Å². The highest BCUT2D eigenvalue weighted by atomic mass is 16.5. The molecule has 6 heteroatoms. The molecule has 2 aromatic carbocycles. The van der Waals surface area contributed by atoms with Gasteiger partial charge < -0.3 is 14.8 Å². The number of hydrogen-bond acceptors (Lipinski definition) is 5. The highest BCUT2D eigenvalue weighted by Gasteiger charge is 2.09. The number of carbonyl (C=O) groups excluding carboxylic acids is 1. The van der Waals surface area contributed by atoms with E-state index in [-0.39, 0.29) is 12.5 Å². The molecule has 0 spiro atoms. The Balaban J connectivity index is 2.01. The molecular weight excluding hydrogens is 318 g/mol. The first kappa shape index (κ1) is 18.3. The summed E-state index contributed by atoms with van der Waals surface area (Å²) in [4.78, 5) is 12.0. The summed E-state index contributed by atoms with van der Waals surface area (Å²) in [7, 11) is 3.17. The van der Waals surface area contributed by atoms with Crippen LogP contribution in [-0.2, 0) is 4.79 Å². The lowest BCUT2D eigenvalue weighted by molar-refractivity contribution is -0.119. The Bertz CT molecular complexity index is 730. The Morgan fingerprint density at radius 1 is 1.04 bits per heavy atom. The fraction of sp³-hybridized carbons (Fsp3) is 0.263. The number of para-hydroxylation sites is 1. The Kier molecular flexibility index (Phi) is 6.83. The maximum absolute atomic E-state index is 12.0. The van der Waals surface area contributed by atoms with E-state index in [1.807, 2.05) is 55.5 Å². The molecule has 0 bridgehead atoms. The molecule has 2 N–H and O–H groups in total. The van der Waals surface area contributed by atoms with E-state index in [2.05, 4.69) is 15.8 Å². The molecule has 6 nitrogen and oxygen atoms in total. The molecule has 0 fully saturated rings. The second-order valence-electron chi connectivity index (χ2n) is 5.24. The molecule has 0 aliphatic rings. The molecular formula is C19H23N3O3.